The quantitative estimate of drug-likeness (QED) is 0.188. The van der Waals surface area contributed by atoms with Crippen LogP contribution in [-0.4, -0.2) is 14.5 Å². The van der Waals surface area contributed by atoms with E-state index < -0.39 is 0 Å². The molecule has 0 spiro atoms. The van der Waals surface area contributed by atoms with E-state index >= 15 is 0 Å². The second-order valence-electron chi connectivity index (χ2n) is 12.7. The first-order valence-corrected chi connectivity index (χ1v) is 16.9. The minimum atomic E-state index is 0.704. The number of nitrogens with zero attached hydrogens (tertiary/aromatic N) is 4. The minimum Gasteiger partial charge on any atom is -0.317 e. The van der Waals surface area contributed by atoms with Crippen LogP contribution in [0.4, 0.5) is 11.4 Å². The van der Waals surface area contributed by atoms with Gasteiger partial charge in [-0.3, -0.25) is 0 Å². The lowest BCUT2D eigenvalue weighted by atomic mass is 9.94. The standard InChI is InChI=1S/C46H30N4/c1-4-13-31(14-5-1)39-30-40(32-15-6-2-7-16-32)48-46(47-39)33-23-25-35(26-24-33)49-28-27-38-44-34(17-12-22-42(44)49)29-43-45(38)37-20-10-11-21-41(37)50(43)36-18-8-3-9-19-36/h1-30H. The first-order valence-electron chi connectivity index (χ1n) is 16.9. The molecule has 7 aromatic carbocycles. The Balaban J connectivity index is 1.09. The molecular formula is C46H30N4. The second kappa shape index (κ2) is 11.4. The highest BCUT2D eigenvalue weighted by Gasteiger charge is 2.23. The van der Waals surface area contributed by atoms with E-state index in [0.29, 0.717) is 5.82 Å². The molecule has 1 aliphatic rings. The van der Waals surface area contributed by atoms with Gasteiger partial charge >= 0.3 is 0 Å². The van der Waals surface area contributed by atoms with Crippen molar-refractivity contribution in [2.24, 2.45) is 0 Å². The zero-order valence-electron chi connectivity index (χ0n) is 27.1. The third-order valence-electron chi connectivity index (χ3n) is 9.75. The zero-order valence-corrected chi connectivity index (χ0v) is 27.1. The molecule has 3 heterocycles. The van der Waals surface area contributed by atoms with Gasteiger partial charge in [-0.2, -0.15) is 0 Å². The van der Waals surface area contributed by atoms with E-state index in [-0.39, 0.29) is 0 Å². The van der Waals surface area contributed by atoms with Crippen LogP contribution in [0.25, 0.3) is 78.2 Å². The molecule has 2 aromatic heterocycles. The average molecular weight is 639 g/mol. The number of rotatable bonds is 5. The van der Waals surface area contributed by atoms with Gasteiger partial charge in [-0.15, -0.1) is 0 Å². The average Bonchev–Trinajstić information content (AvgIpc) is 3.53. The highest BCUT2D eigenvalue weighted by molar-refractivity contribution is 6.22. The lowest BCUT2D eigenvalue weighted by molar-refractivity contribution is 1.18. The molecule has 0 aliphatic carbocycles. The van der Waals surface area contributed by atoms with Gasteiger partial charge in [0.25, 0.3) is 0 Å². The van der Waals surface area contributed by atoms with Crippen LogP contribution >= 0.6 is 0 Å². The van der Waals surface area contributed by atoms with Gasteiger partial charge in [0, 0.05) is 50.4 Å². The van der Waals surface area contributed by atoms with Crippen molar-refractivity contribution >= 4 is 50.0 Å². The third kappa shape index (κ3) is 4.54. The summed E-state index contributed by atoms with van der Waals surface area (Å²) >= 11 is 0. The summed E-state index contributed by atoms with van der Waals surface area (Å²) in [6.45, 7) is 0. The summed E-state index contributed by atoms with van der Waals surface area (Å²) in [6.07, 6.45) is 4.49. The summed E-state index contributed by atoms with van der Waals surface area (Å²) in [5, 5.41) is 5.01. The monoisotopic (exact) mass is 638 g/mol. The number of para-hydroxylation sites is 2. The fourth-order valence-corrected chi connectivity index (χ4v) is 7.46. The zero-order chi connectivity index (χ0) is 33.0. The Hall–Kier alpha value is -6.78. The number of anilines is 2. The number of benzene rings is 7. The number of hydrogen-bond donors (Lipinski definition) is 0. The molecule has 0 saturated carbocycles. The first kappa shape index (κ1) is 28.3. The van der Waals surface area contributed by atoms with E-state index in [1.54, 1.807) is 0 Å². The molecule has 0 bridgehead atoms. The molecule has 0 saturated heterocycles. The van der Waals surface area contributed by atoms with Crippen molar-refractivity contribution in [3.05, 3.63) is 182 Å². The highest BCUT2D eigenvalue weighted by Crippen LogP contribution is 2.45. The molecular weight excluding hydrogens is 609 g/mol. The summed E-state index contributed by atoms with van der Waals surface area (Å²) < 4.78 is 2.39. The molecule has 234 valence electrons. The molecule has 1 aliphatic heterocycles. The van der Waals surface area contributed by atoms with Gasteiger partial charge in [0.15, 0.2) is 5.82 Å². The van der Waals surface area contributed by atoms with E-state index in [1.807, 2.05) is 36.4 Å². The summed E-state index contributed by atoms with van der Waals surface area (Å²) in [6, 6.07) is 59.7. The lowest BCUT2D eigenvalue weighted by Crippen LogP contribution is -2.12. The lowest BCUT2D eigenvalue weighted by Gasteiger charge is -2.27. The van der Waals surface area contributed by atoms with Gasteiger partial charge in [0.1, 0.15) is 0 Å². The van der Waals surface area contributed by atoms with E-state index in [9.17, 15) is 0 Å². The number of hydrogen-bond acceptors (Lipinski definition) is 3. The maximum absolute atomic E-state index is 5.04. The van der Waals surface area contributed by atoms with Gasteiger partial charge in [-0.1, -0.05) is 109 Å². The Kier molecular flexibility index (Phi) is 6.46. The van der Waals surface area contributed by atoms with Crippen molar-refractivity contribution < 1.29 is 0 Å². The van der Waals surface area contributed by atoms with Crippen molar-refractivity contribution in [3.63, 3.8) is 0 Å². The first-order chi connectivity index (χ1) is 24.8. The Morgan fingerprint density at radius 3 is 1.78 bits per heavy atom. The molecule has 0 fully saturated rings. The molecule has 0 unspecified atom stereocenters. The van der Waals surface area contributed by atoms with Crippen LogP contribution in [0.2, 0.25) is 0 Å². The summed E-state index contributed by atoms with van der Waals surface area (Å²) in [5.41, 5.74) is 12.0. The number of fused-ring (bicyclic) bond motifs is 4. The minimum absolute atomic E-state index is 0.704. The predicted molar refractivity (Wildman–Crippen MR) is 208 cm³/mol. The van der Waals surface area contributed by atoms with E-state index in [4.69, 9.17) is 9.97 Å². The second-order valence-corrected chi connectivity index (χ2v) is 12.7. The molecule has 0 N–H and O–H groups in total. The van der Waals surface area contributed by atoms with Crippen LogP contribution in [0, 0.1) is 0 Å². The topological polar surface area (TPSA) is 34.0 Å². The summed E-state index contributed by atoms with van der Waals surface area (Å²) in [5.74, 6) is 0.704. The van der Waals surface area contributed by atoms with E-state index in [2.05, 4.69) is 155 Å². The third-order valence-corrected chi connectivity index (χ3v) is 9.75. The van der Waals surface area contributed by atoms with Gasteiger partial charge in [0.05, 0.1) is 28.1 Å². The highest BCUT2D eigenvalue weighted by atomic mass is 15.1. The normalized spacial score (nSPS) is 12.3. The SMILES string of the molecule is C1=CN(c2ccc(-c3nc(-c4ccccc4)cc(-c4ccccc4)n3)cc2)c2cccc3cc4c(c1c23)c1ccccc1n4-c1ccccc1. The molecule has 4 heteroatoms. The van der Waals surface area contributed by atoms with Crippen LogP contribution in [0.1, 0.15) is 5.56 Å². The van der Waals surface area contributed by atoms with Gasteiger partial charge in [-0.05, 0) is 77.7 Å². The van der Waals surface area contributed by atoms with Crippen molar-refractivity contribution in [2.45, 2.75) is 0 Å². The van der Waals surface area contributed by atoms with Gasteiger partial charge < -0.3 is 9.47 Å². The van der Waals surface area contributed by atoms with Crippen molar-refractivity contribution in [1.82, 2.24) is 14.5 Å². The molecule has 0 atom stereocenters. The van der Waals surface area contributed by atoms with Gasteiger partial charge in [0.2, 0.25) is 0 Å². The number of aromatic nitrogens is 3. The van der Waals surface area contributed by atoms with Crippen molar-refractivity contribution in [3.8, 4) is 39.6 Å². The Morgan fingerprint density at radius 1 is 0.440 bits per heavy atom. The molecule has 4 nitrogen and oxygen atoms in total. The van der Waals surface area contributed by atoms with Crippen LogP contribution < -0.4 is 4.90 Å². The fraction of sp³-hybridized carbons (Fsp3) is 0. The van der Waals surface area contributed by atoms with E-state index in [0.717, 1.165) is 39.5 Å². The molecule has 50 heavy (non-hydrogen) atoms. The van der Waals surface area contributed by atoms with Gasteiger partial charge in [-0.25, -0.2) is 9.97 Å². The van der Waals surface area contributed by atoms with Crippen LogP contribution in [0.15, 0.2) is 176 Å². The Morgan fingerprint density at radius 2 is 1.08 bits per heavy atom. The molecule has 9 aromatic rings. The molecule has 10 rings (SSSR count). The fourth-order valence-electron chi connectivity index (χ4n) is 7.46. The van der Waals surface area contributed by atoms with Crippen LogP contribution in [-0.2, 0) is 0 Å². The van der Waals surface area contributed by atoms with E-state index in [1.165, 1.54) is 43.8 Å². The largest absolute Gasteiger partial charge is 0.317 e. The summed E-state index contributed by atoms with van der Waals surface area (Å²) in [7, 11) is 0. The maximum Gasteiger partial charge on any atom is 0.160 e. The van der Waals surface area contributed by atoms with Crippen molar-refractivity contribution in [1.29, 1.82) is 0 Å². The van der Waals surface area contributed by atoms with Crippen LogP contribution in [0.5, 0.6) is 0 Å². The smallest absolute Gasteiger partial charge is 0.160 e. The molecule has 0 radical (unpaired) electrons. The molecule has 0 amide bonds. The Labute approximate surface area is 289 Å². The summed E-state index contributed by atoms with van der Waals surface area (Å²) in [4.78, 5) is 12.4. The van der Waals surface area contributed by atoms with Crippen LogP contribution in [0.3, 0.4) is 0 Å². The maximum atomic E-state index is 5.04. The van der Waals surface area contributed by atoms with Crippen molar-refractivity contribution in [2.75, 3.05) is 4.90 Å². The predicted octanol–water partition coefficient (Wildman–Crippen LogP) is 11.9. The Bertz CT molecular complexity index is 2670.